The minimum absolute atomic E-state index is 0.161. The quantitative estimate of drug-likeness (QED) is 0.746. The molecule has 1 saturated heterocycles. The zero-order valence-corrected chi connectivity index (χ0v) is 10.6. The van der Waals surface area contributed by atoms with E-state index < -0.39 is 0 Å². The van der Waals surface area contributed by atoms with Gasteiger partial charge in [-0.3, -0.25) is 4.79 Å². The van der Waals surface area contributed by atoms with E-state index in [1.165, 1.54) is 0 Å². The van der Waals surface area contributed by atoms with Crippen molar-refractivity contribution >= 4 is 17.7 Å². The third-order valence-corrected chi connectivity index (χ3v) is 4.03. The highest BCUT2D eigenvalue weighted by Crippen LogP contribution is 2.30. The first-order chi connectivity index (χ1) is 7.58. The van der Waals surface area contributed by atoms with E-state index in [-0.39, 0.29) is 10.7 Å². The molecule has 0 aliphatic carbocycles. The smallest absolute Gasteiger partial charge is 0.253 e. The van der Waals surface area contributed by atoms with E-state index in [0.717, 1.165) is 24.4 Å². The molecule has 1 aromatic carbocycles. The molecule has 16 heavy (non-hydrogen) atoms. The van der Waals surface area contributed by atoms with Crippen LogP contribution >= 0.6 is 11.8 Å². The van der Waals surface area contributed by atoms with Gasteiger partial charge in [-0.15, -0.1) is 0 Å². The molecule has 86 valence electrons. The summed E-state index contributed by atoms with van der Waals surface area (Å²) >= 11 is 1.94. The predicted octanol–water partition coefficient (Wildman–Crippen LogP) is 2.65. The molecule has 2 nitrogen and oxygen atoms in total. The Bertz CT molecular complexity index is 375. The van der Waals surface area contributed by atoms with Crippen LogP contribution in [0.2, 0.25) is 0 Å². The average Bonchev–Trinajstić information content (AvgIpc) is 2.28. The second-order valence-corrected chi connectivity index (χ2v) is 6.50. The molecule has 0 bridgehead atoms. The van der Waals surface area contributed by atoms with Crippen LogP contribution in [0.1, 0.15) is 24.2 Å². The van der Waals surface area contributed by atoms with Crippen molar-refractivity contribution in [3.63, 3.8) is 0 Å². The number of carbonyl (C=O) groups is 1. The molecule has 1 amide bonds. The second kappa shape index (κ2) is 4.50. The minimum atomic E-state index is 0.161. The molecule has 1 heterocycles. The van der Waals surface area contributed by atoms with E-state index >= 15 is 0 Å². The summed E-state index contributed by atoms with van der Waals surface area (Å²) in [4.78, 5) is 14.2. The number of benzene rings is 1. The summed E-state index contributed by atoms with van der Waals surface area (Å²) in [6.45, 7) is 6.09. The van der Waals surface area contributed by atoms with Gasteiger partial charge in [0.05, 0.1) is 0 Å². The van der Waals surface area contributed by atoms with E-state index in [1.807, 2.05) is 47.0 Å². The van der Waals surface area contributed by atoms with Gasteiger partial charge < -0.3 is 4.90 Å². The lowest BCUT2D eigenvalue weighted by Crippen LogP contribution is -2.46. The largest absolute Gasteiger partial charge is 0.336 e. The first-order valence-electron chi connectivity index (χ1n) is 5.57. The lowest BCUT2D eigenvalue weighted by molar-refractivity contribution is 0.0748. The zero-order chi connectivity index (χ0) is 11.6. The van der Waals surface area contributed by atoms with E-state index in [4.69, 9.17) is 0 Å². The van der Waals surface area contributed by atoms with Gasteiger partial charge in [0, 0.05) is 29.2 Å². The van der Waals surface area contributed by atoms with Gasteiger partial charge >= 0.3 is 0 Å². The third-order valence-electron chi connectivity index (χ3n) is 2.73. The molecule has 0 aromatic heterocycles. The van der Waals surface area contributed by atoms with Crippen molar-refractivity contribution in [3.8, 4) is 0 Å². The summed E-state index contributed by atoms with van der Waals surface area (Å²) in [6.07, 6.45) is 0. The van der Waals surface area contributed by atoms with Crippen molar-refractivity contribution in [1.82, 2.24) is 4.90 Å². The van der Waals surface area contributed by atoms with Gasteiger partial charge in [-0.2, -0.15) is 11.8 Å². The summed E-state index contributed by atoms with van der Waals surface area (Å²) in [5, 5.41) is 0. The van der Waals surface area contributed by atoms with Crippen LogP contribution in [0, 0.1) is 0 Å². The van der Waals surface area contributed by atoms with Gasteiger partial charge in [0.15, 0.2) is 0 Å². The van der Waals surface area contributed by atoms with Gasteiger partial charge in [0.2, 0.25) is 0 Å². The summed E-state index contributed by atoms with van der Waals surface area (Å²) < 4.78 is 0.183. The van der Waals surface area contributed by atoms with Crippen molar-refractivity contribution in [1.29, 1.82) is 0 Å². The van der Waals surface area contributed by atoms with Crippen LogP contribution in [0.25, 0.3) is 0 Å². The van der Waals surface area contributed by atoms with Gasteiger partial charge in [0.25, 0.3) is 5.91 Å². The van der Waals surface area contributed by atoms with Crippen LogP contribution in [0.5, 0.6) is 0 Å². The third kappa shape index (κ3) is 2.59. The Hall–Kier alpha value is -0.960. The van der Waals surface area contributed by atoms with Crippen molar-refractivity contribution < 1.29 is 4.79 Å². The first-order valence-corrected chi connectivity index (χ1v) is 6.55. The van der Waals surface area contributed by atoms with Gasteiger partial charge in [-0.1, -0.05) is 18.2 Å². The lowest BCUT2D eigenvalue weighted by Gasteiger charge is -2.37. The SMILES string of the molecule is CC1(C)CN(C(=O)c2ccccc2)CCS1. The predicted molar refractivity (Wildman–Crippen MR) is 68.9 cm³/mol. The van der Waals surface area contributed by atoms with Crippen LogP contribution in [0.3, 0.4) is 0 Å². The first kappa shape index (κ1) is 11.5. The molecule has 3 heteroatoms. The number of nitrogens with zero attached hydrogens (tertiary/aromatic N) is 1. The zero-order valence-electron chi connectivity index (χ0n) is 9.77. The molecule has 1 aliphatic rings. The van der Waals surface area contributed by atoms with Gasteiger partial charge in [-0.25, -0.2) is 0 Å². The number of hydrogen-bond acceptors (Lipinski definition) is 2. The maximum atomic E-state index is 12.2. The molecule has 0 unspecified atom stereocenters. The van der Waals surface area contributed by atoms with Crippen LogP contribution in [0.4, 0.5) is 0 Å². The molecular weight excluding hydrogens is 218 g/mol. The van der Waals surface area contributed by atoms with Crippen molar-refractivity contribution in [2.45, 2.75) is 18.6 Å². The topological polar surface area (TPSA) is 20.3 Å². The van der Waals surface area contributed by atoms with Crippen molar-refractivity contribution in [2.24, 2.45) is 0 Å². The maximum absolute atomic E-state index is 12.2. The maximum Gasteiger partial charge on any atom is 0.253 e. The Morgan fingerprint density at radius 1 is 1.31 bits per heavy atom. The number of hydrogen-bond donors (Lipinski definition) is 0. The molecule has 0 N–H and O–H groups in total. The van der Waals surface area contributed by atoms with Crippen LogP contribution < -0.4 is 0 Å². The Balaban J connectivity index is 2.11. The average molecular weight is 235 g/mol. The van der Waals surface area contributed by atoms with Gasteiger partial charge in [0.1, 0.15) is 0 Å². The summed E-state index contributed by atoms with van der Waals surface area (Å²) in [5.74, 6) is 1.19. The minimum Gasteiger partial charge on any atom is -0.336 e. The van der Waals surface area contributed by atoms with Crippen LogP contribution in [-0.4, -0.2) is 34.4 Å². The summed E-state index contributed by atoms with van der Waals surface area (Å²) in [7, 11) is 0. The fraction of sp³-hybridized carbons (Fsp3) is 0.462. The van der Waals surface area contributed by atoms with Crippen LogP contribution in [-0.2, 0) is 0 Å². The van der Waals surface area contributed by atoms with Gasteiger partial charge in [-0.05, 0) is 26.0 Å². The molecule has 0 spiro atoms. The number of carbonyl (C=O) groups excluding carboxylic acids is 1. The highest BCUT2D eigenvalue weighted by atomic mass is 32.2. The molecule has 1 fully saturated rings. The Kier molecular flexibility index (Phi) is 3.24. The monoisotopic (exact) mass is 235 g/mol. The fourth-order valence-corrected chi connectivity index (χ4v) is 3.06. The van der Waals surface area contributed by atoms with E-state index in [2.05, 4.69) is 13.8 Å². The van der Waals surface area contributed by atoms with Crippen LogP contribution in [0.15, 0.2) is 30.3 Å². The standard InChI is InChI=1S/C13H17NOS/c1-13(2)10-14(8-9-16-13)12(15)11-6-4-3-5-7-11/h3-7H,8-10H2,1-2H3. The molecule has 0 saturated carbocycles. The second-order valence-electron chi connectivity index (χ2n) is 4.70. The highest BCUT2D eigenvalue weighted by Gasteiger charge is 2.29. The molecule has 1 aliphatic heterocycles. The summed E-state index contributed by atoms with van der Waals surface area (Å²) in [5.41, 5.74) is 0.796. The Labute approximate surface area is 101 Å². The Morgan fingerprint density at radius 3 is 2.62 bits per heavy atom. The number of amides is 1. The molecular formula is C13H17NOS. The Morgan fingerprint density at radius 2 is 2.00 bits per heavy atom. The molecule has 1 aromatic rings. The lowest BCUT2D eigenvalue weighted by atomic mass is 10.1. The summed E-state index contributed by atoms with van der Waals surface area (Å²) in [6, 6.07) is 9.54. The van der Waals surface area contributed by atoms with E-state index in [0.29, 0.717) is 0 Å². The van der Waals surface area contributed by atoms with E-state index in [9.17, 15) is 4.79 Å². The molecule has 0 radical (unpaired) electrons. The fourth-order valence-electron chi connectivity index (χ4n) is 1.95. The van der Waals surface area contributed by atoms with Crippen molar-refractivity contribution in [2.75, 3.05) is 18.8 Å². The van der Waals surface area contributed by atoms with E-state index in [1.54, 1.807) is 0 Å². The number of thioether (sulfide) groups is 1. The number of rotatable bonds is 1. The molecule has 2 rings (SSSR count). The highest BCUT2D eigenvalue weighted by molar-refractivity contribution is 8.00. The molecule has 0 atom stereocenters. The normalized spacial score (nSPS) is 19.5. The van der Waals surface area contributed by atoms with Crippen molar-refractivity contribution in [3.05, 3.63) is 35.9 Å².